The van der Waals surface area contributed by atoms with E-state index in [4.69, 9.17) is 0 Å². The van der Waals surface area contributed by atoms with Crippen LogP contribution in [0.1, 0.15) is 26.3 Å². The first-order chi connectivity index (χ1) is 7.84. The van der Waals surface area contributed by atoms with Gasteiger partial charge in [-0.25, -0.2) is 4.39 Å². The molecular weight excluding hydrogens is 221 g/mol. The van der Waals surface area contributed by atoms with Gasteiger partial charge in [0.1, 0.15) is 5.82 Å². The fraction of sp³-hybridized carbons (Fsp3) is 0.385. The Labute approximate surface area is 100 Å². The summed E-state index contributed by atoms with van der Waals surface area (Å²) in [5.41, 5.74) is -0.0416. The maximum Gasteiger partial charge on any atom is 0.287 e. The molecule has 1 rings (SSSR count). The van der Waals surface area contributed by atoms with Gasteiger partial charge in [0, 0.05) is 18.9 Å². The van der Waals surface area contributed by atoms with Gasteiger partial charge in [-0.2, -0.15) is 0 Å². The van der Waals surface area contributed by atoms with Crippen LogP contribution in [0.15, 0.2) is 24.3 Å². The van der Waals surface area contributed by atoms with Gasteiger partial charge in [0.05, 0.1) is 0 Å². The van der Waals surface area contributed by atoms with Crippen LogP contribution in [0.25, 0.3) is 0 Å². The third kappa shape index (κ3) is 3.37. The number of hydrogen-bond donors (Lipinski definition) is 1. The molecule has 0 aliphatic rings. The van der Waals surface area contributed by atoms with Crippen molar-refractivity contribution in [3.8, 4) is 0 Å². The van der Waals surface area contributed by atoms with Crippen LogP contribution in [0, 0.1) is 5.82 Å². The fourth-order valence-corrected chi connectivity index (χ4v) is 1.53. The van der Waals surface area contributed by atoms with Crippen molar-refractivity contribution in [2.24, 2.45) is 0 Å². The van der Waals surface area contributed by atoms with E-state index in [2.05, 4.69) is 5.32 Å². The summed E-state index contributed by atoms with van der Waals surface area (Å²) in [5.74, 6) is -1.50. The summed E-state index contributed by atoms with van der Waals surface area (Å²) in [4.78, 5) is 21.9. The number of carbonyl (C=O) groups excluding carboxylic acids is 2. The molecule has 0 fully saturated rings. The van der Waals surface area contributed by atoms with Crippen LogP contribution in [0.5, 0.6) is 0 Å². The molecule has 0 heterocycles. The molecule has 0 spiro atoms. The summed E-state index contributed by atoms with van der Waals surface area (Å²) in [6, 6.07) is 6.41. The molecule has 92 valence electrons. The zero-order chi connectivity index (χ0) is 13.1. The van der Waals surface area contributed by atoms with Gasteiger partial charge in [0.2, 0.25) is 5.78 Å². The lowest BCUT2D eigenvalue weighted by Gasteiger charge is -2.25. The van der Waals surface area contributed by atoms with Crippen molar-refractivity contribution in [2.45, 2.75) is 26.2 Å². The largest absolute Gasteiger partial charge is 0.349 e. The maximum absolute atomic E-state index is 13.6. The predicted octanol–water partition coefficient (Wildman–Crippen LogP) is 1.81. The first kappa shape index (κ1) is 13.4. The lowest BCUT2D eigenvalue weighted by Crippen LogP contribution is -2.39. The first-order valence-electron chi connectivity index (χ1n) is 5.38. The number of carbonyl (C=O) groups is 2. The Hall–Kier alpha value is -1.71. The van der Waals surface area contributed by atoms with Gasteiger partial charge >= 0.3 is 0 Å². The third-order valence-electron chi connectivity index (χ3n) is 2.61. The van der Waals surface area contributed by atoms with E-state index < -0.39 is 17.1 Å². The van der Waals surface area contributed by atoms with Crippen LogP contribution in [0.2, 0.25) is 0 Å². The Balaban J connectivity index is 2.79. The SMILES string of the molecule is CC(=O)C(=O)NCC(C)(C)c1ccccc1F. The van der Waals surface area contributed by atoms with Gasteiger partial charge in [-0.15, -0.1) is 0 Å². The number of nitrogens with one attached hydrogen (secondary N) is 1. The zero-order valence-corrected chi connectivity index (χ0v) is 10.2. The Morgan fingerprint density at radius 2 is 1.88 bits per heavy atom. The van der Waals surface area contributed by atoms with E-state index in [0.717, 1.165) is 0 Å². The molecule has 0 saturated carbocycles. The summed E-state index contributed by atoms with van der Waals surface area (Å²) in [6.07, 6.45) is 0. The molecule has 0 atom stereocenters. The number of Topliss-reactive ketones (excluding diaryl/α,β-unsaturated/α-hetero) is 1. The molecular formula is C13H16FNO2. The monoisotopic (exact) mass is 237 g/mol. The Morgan fingerprint density at radius 1 is 1.29 bits per heavy atom. The van der Waals surface area contributed by atoms with Crippen LogP contribution in [-0.4, -0.2) is 18.2 Å². The van der Waals surface area contributed by atoms with Crippen molar-refractivity contribution in [1.82, 2.24) is 5.32 Å². The summed E-state index contributed by atoms with van der Waals surface area (Å²) >= 11 is 0. The summed E-state index contributed by atoms with van der Waals surface area (Å²) in [7, 11) is 0. The van der Waals surface area contributed by atoms with E-state index in [0.29, 0.717) is 5.56 Å². The molecule has 0 aliphatic carbocycles. The topological polar surface area (TPSA) is 46.2 Å². The summed E-state index contributed by atoms with van der Waals surface area (Å²) < 4.78 is 13.6. The highest BCUT2D eigenvalue weighted by atomic mass is 19.1. The molecule has 1 N–H and O–H groups in total. The molecule has 0 saturated heterocycles. The minimum Gasteiger partial charge on any atom is -0.349 e. The van der Waals surface area contributed by atoms with E-state index in [1.807, 2.05) is 13.8 Å². The van der Waals surface area contributed by atoms with Crippen LogP contribution in [0.4, 0.5) is 4.39 Å². The number of hydrogen-bond acceptors (Lipinski definition) is 2. The van der Waals surface area contributed by atoms with Crippen LogP contribution in [0.3, 0.4) is 0 Å². The van der Waals surface area contributed by atoms with Crippen LogP contribution >= 0.6 is 0 Å². The molecule has 3 nitrogen and oxygen atoms in total. The molecule has 0 aromatic heterocycles. The summed E-state index contributed by atoms with van der Waals surface area (Å²) in [5, 5.41) is 2.49. The number of rotatable bonds is 4. The lowest BCUT2D eigenvalue weighted by atomic mass is 9.84. The summed E-state index contributed by atoms with van der Waals surface area (Å²) in [6.45, 7) is 5.04. The van der Waals surface area contributed by atoms with E-state index >= 15 is 0 Å². The van der Waals surface area contributed by atoms with Crippen molar-refractivity contribution in [3.05, 3.63) is 35.6 Å². The smallest absolute Gasteiger partial charge is 0.287 e. The molecule has 1 aromatic rings. The number of halogens is 1. The van der Waals surface area contributed by atoms with E-state index in [1.165, 1.54) is 13.0 Å². The minimum absolute atomic E-state index is 0.215. The number of amides is 1. The van der Waals surface area contributed by atoms with Crippen molar-refractivity contribution < 1.29 is 14.0 Å². The second-order valence-corrected chi connectivity index (χ2v) is 4.60. The quantitative estimate of drug-likeness (QED) is 0.812. The molecule has 0 unspecified atom stereocenters. The molecule has 0 aliphatic heterocycles. The predicted molar refractivity (Wildman–Crippen MR) is 63.1 cm³/mol. The third-order valence-corrected chi connectivity index (χ3v) is 2.61. The van der Waals surface area contributed by atoms with Gasteiger partial charge in [0.25, 0.3) is 5.91 Å². The highest BCUT2D eigenvalue weighted by molar-refractivity contribution is 6.35. The van der Waals surface area contributed by atoms with Crippen molar-refractivity contribution in [2.75, 3.05) is 6.54 Å². The highest BCUT2D eigenvalue weighted by Crippen LogP contribution is 2.24. The second-order valence-electron chi connectivity index (χ2n) is 4.60. The molecule has 4 heteroatoms. The fourth-order valence-electron chi connectivity index (χ4n) is 1.53. The van der Waals surface area contributed by atoms with Gasteiger partial charge in [-0.3, -0.25) is 9.59 Å². The molecule has 0 bridgehead atoms. The average Bonchev–Trinajstić information content (AvgIpc) is 2.26. The Kier molecular flexibility index (Phi) is 3.99. The van der Waals surface area contributed by atoms with Gasteiger partial charge in [-0.05, 0) is 11.6 Å². The van der Waals surface area contributed by atoms with Gasteiger partial charge < -0.3 is 5.32 Å². The first-order valence-corrected chi connectivity index (χ1v) is 5.38. The average molecular weight is 237 g/mol. The van der Waals surface area contributed by atoms with Crippen LogP contribution < -0.4 is 5.32 Å². The van der Waals surface area contributed by atoms with Crippen molar-refractivity contribution in [1.29, 1.82) is 0 Å². The molecule has 1 amide bonds. The van der Waals surface area contributed by atoms with Crippen molar-refractivity contribution in [3.63, 3.8) is 0 Å². The van der Waals surface area contributed by atoms with E-state index in [9.17, 15) is 14.0 Å². The molecule has 1 aromatic carbocycles. The standard InChI is InChI=1S/C13H16FNO2/c1-9(16)12(17)15-8-13(2,3)10-6-4-5-7-11(10)14/h4-7H,8H2,1-3H3,(H,15,17). The normalized spacial score (nSPS) is 11.1. The van der Waals surface area contributed by atoms with Crippen LogP contribution in [-0.2, 0) is 15.0 Å². The van der Waals surface area contributed by atoms with Gasteiger partial charge in [-0.1, -0.05) is 32.0 Å². The second kappa shape index (κ2) is 5.08. The van der Waals surface area contributed by atoms with Gasteiger partial charge in [0.15, 0.2) is 0 Å². The number of benzene rings is 1. The Bertz CT molecular complexity index is 441. The Morgan fingerprint density at radius 3 is 2.41 bits per heavy atom. The van der Waals surface area contributed by atoms with E-state index in [-0.39, 0.29) is 12.4 Å². The molecule has 17 heavy (non-hydrogen) atoms. The van der Waals surface area contributed by atoms with E-state index in [1.54, 1.807) is 18.2 Å². The lowest BCUT2D eigenvalue weighted by molar-refractivity contribution is -0.136. The highest BCUT2D eigenvalue weighted by Gasteiger charge is 2.24. The zero-order valence-electron chi connectivity index (χ0n) is 10.2. The maximum atomic E-state index is 13.6. The molecule has 0 radical (unpaired) electrons. The van der Waals surface area contributed by atoms with Crippen molar-refractivity contribution >= 4 is 11.7 Å². The minimum atomic E-state index is -0.644. The number of ketones is 1.